The van der Waals surface area contributed by atoms with Crippen LogP contribution in [-0.2, 0) is 0 Å². The molecule has 0 radical (unpaired) electrons. The molecule has 2 rings (SSSR count). The second-order valence-corrected chi connectivity index (χ2v) is 3.72. The predicted octanol–water partition coefficient (Wildman–Crippen LogP) is 2.54. The van der Waals surface area contributed by atoms with Gasteiger partial charge in [0.15, 0.2) is 6.20 Å². The van der Waals surface area contributed by atoms with Gasteiger partial charge in [-0.25, -0.2) is 0 Å². The average Bonchev–Trinajstić information content (AvgIpc) is 2.12. The smallest absolute Gasteiger partial charge is 0.267 e. The fourth-order valence-corrected chi connectivity index (χ4v) is 2.09. The van der Waals surface area contributed by atoms with Gasteiger partial charge in [0, 0.05) is 22.0 Å². The Hall–Kier alpha value is -1.09. The summed E-state index contributed by atoms with van der Waals surface area (Å²) in [6, 6.07) is 7.79. The molecule has 0 aliphatic rings. The molecule has 0 N–H and O–H groups in total. The molecule has 1 heterocycles. The first-order chi connectivity index (χ1) is 6.20. The minimum Gasteiger partial charge on any atom is -0.618 e. The van der Waals surface area contributed by atoms with E-state index in [0.717, 1.165) is 21.1 Å². The Morgan fingerprint density at radius 3 is 2.85 bits per heavy atom. The van der Waals surface area contributed by atoms with Crippen LogP contribution < -0.4 is 4.73 Å². The highest BCUT2D eigenvalue weighted by Gasteiger charge is 2.08. The lowest BCUT2D eigenvalue weighted by Crippen LogP contribution is -2.27. The maximum atomic E-state index is 11.3. The Labute approximate surface area is 84.5 Å². The molecular formula is C10H8BrNO. The van der Waals surface area contributed by atoms with Gasteiger partial charge in [0.05, 0.1) is 5.39 Å². The molecule has 0 saturated heterocycles. The van der Waals surface area contributed by atoms with Crippen LogP contribution in [0.4, 0.5) is 0 Å². The Kier molecular flexibility index (Phi) is 1.96. The Morgan fingerprint density at radius 2 is 2.08 bits per heavy atom. The quantitative estimate of drug-likeness (QED) is 0.393. The number of aryl methyl sites for hydroxylation is 1. The van der Waals surface area contributed by atoms with Crippen LogP contribution in [0, 0.1) is 12.1 Å². The van der Waals surface area contributed by atoms with Gasteiger partial charge in [0.2, 0.25) is 0 Å². The van der Waals surface area contributed by atoms with Crippen LogP contribution in [0.15, 0.2) is 35.1 Å². The van der Waals surface area contributed by atoms with Gasteiger partial charge in [-0.3, -0.25) is 0 Å². The zero-order chi connectivity index (χ0) is 9.42. The number of benzene rings is 1. The summed E-state index contributed by atoms with van der Waals surface area (Å²) in [4.78, 5) is 0. The van der Waals surface area contributed by atoms with E-state index in [-0.39, 0.29) is 0 Å². The van der Waals surface area contributed by atoms with E-state index >= 15 is 0 Å². The van der Waals surface area contributed by atoms with Crippen LogP contribution in [0.2, 0.25) is 0 Å². The van der Waals surface area contributed by atoms with Crippen molar-refractivity contribution >= 4 is 26.7 Å². The Balaban J connectivity index is 2.97. The molecule has 2 nitrogen and oxygen atoms in total. The topological polar surface area (TPSA) is 26.9 Å². The summed E-state index contributed by atoms with van der Waals surface area (Å²) in [5.41, 5.74) is 1.11. The van der Waals surface area contributed by atoms with Crippen molar-refractivity contribution in [3.63, 3.8) is 0 Å². The van der Waals surface area contributed by atoms with Gasteiger partial charge in [-0.15, -0.1) is 0 Å². The highest BCUT2D eigenvalue weighted by molar-refractivity contribution is 9.10. The molecule has 0 saturated carbocycles. The van der Waals surface area contributed by atoms with Crippen LogP contribution >= 0.6 is 15.9 Å². The zero-order valence-electron chi connectivity index (χ0n) is 7.12. The summed E-state index contributed by atoms with van der Waals surface area (Å²) in [6.45, 7) is 1.99. The van der Waals surface area contributed by atoms with E-state index in [1.165, 1.54) is 6.20 Å². The summed E-state index contributed by atoms with van der Waals surface area (Å²) < 4.78 is 1.41. The van der Waals surface area contributed by atoms with Crippen LogP contribution in [-0.4, -0.2) is 0 Å². The lowest BCUT2D eigenvalue weighted by atomic mass is 10.1. The summed E-state index contributed by atoms with van der Waals surface area (Å²) in [5, 5.41) is 13.3. The molecule has 13 heavy (non-hydrogen) atoms. The van der Waals surface area contributed by atoms with Gasteiger partial charge in [-0.2, -0.15) is 4.73 Å². The SMILES string of the molecule is Cc1cccc2cc[n+]([O-])c(Br)c12. The first-order valence-corrected chi connectivity index (χ1v) is 4.76. The van der Waals surface area contributed by atoms with Gasteiger partial charge in [0.25, 0.3) is 4.60 Å². The number of rotatable bonds is 0. The van der Waals surface area contributed by atoms with Crippen LogP contribution in [0.5, 0.6) is 0 Å². The maximum absolute atomic E-state index is 11.3. The van der Waals surface area contributed by atoms with Crippen molar-refractivity contribution in [2.45, 2.75) is 6.92 Å². The van der Waals surface area contributed by atoms with Crippen molar-refractivity contribution < 1.29 is 4.73 Å². The third kappa shape index (κ3) is 1.29. The molecule has 0 fully saturated rings. The molecule has 0 atom stereocenters. The molecule has 0 unspecified atom stereocenters. The molecule has 1 aromatic carbocycles. The summed E-state index contributed by atoms with van der Waals surface area (Å²) in [6.07, 6.45) is 1.51. The molecule has 2 aromatic rings. The van der Waals surface area contributed by atoms with E-state index in [1.807, 2.05) is 31.2 Å². The molecule has 0 aliphatic carbocycles. The number of fused-ring (bicyclic) bond motifs is 1. The molecule has 66 valence electrons. The minimum atomic E-state index is 0.586. The third-order valence-corrected chi connectivity index (χ3v) is 2.84. The van der Waals surface area contributed by atoms with Crippen LogP contribution in [0.25, 0.3) is 10.8 Å². The first-order valence-electron chi connectivity index (χ1n) is 3.97. The number of hydrogen-bond donors (Lipinski definition) is 0. The van der Waals surface area contributed by atoms with Gasteiger partial charge >= 0.3 is 0 Å². The van der Waals surface area contributed by atoms with Crippen molar-refractivity contribution in [1.82, 2.24) is 0 Å². The number of halogens is 1. The van der Waals surface area contributed by atoms with Crippen molar-refractivity contribution in [3.05, 3.63) is 45.8 Å². The number of nitrogens with zero attached hydrogens (tertiary/aromatic N) is 1. The fourth-order valence-electron chi connectivity index (χ4n) is 1.43. The van der Waals surface area contributed by atoms with Crippen LogP contribution in [0.1, 0.15) is 5.56 Å². The van der Waals surface area contributed by atoms with Gasteiger partial charge in [-0.1, -0.05) is 18.2 Å². The van der Waals surface area contributed by atoms with E-state index in [4.69, 9.17) is 0 Å². The fraction of sp³-hybridized carbons (Fsp3) is 0.100. The molecular weight excluding hydrogens is 230 g/mol. The highest BCUT2D eigenvalue weighted by Crippen LogP contribution is 2.23. The largest absolute Gasteiger partial charge is 0.618 e. The number of hydrogen-bond acceptors (Lipinski definition) is 1. The lowest BCUT2D eigenvalue weighted by molar-refractivity contribution is -0.615. The Bertz CT molecular complexity index is 468. The number of pyridine rings is 1. The zero-order valence-corrected chi connectivity index (χ0v) is 8.71. The molecule has 0 spiro atoms. The molecule has 0 amide bonds. The van der Waals surface area contributed by atoms with Crippen LogP contribution in [0.3, 0.4) is 0 Å². The second-order valence-electron chi connectivity index (χ2n) is 2.97. The summed E-state index contributed by atoms with van der Waals surface area (Å²) >= 11 is 3.28. The molecule has 0 bridgehead atoms. The molecule has 3 heteroatoms. The normalized spacial score (nSPS) is 10.6. The summed E-state index contributed by atoms with van der Waals surface area (Å²) in [7, 11) is 0. The molecule has 1 aromatic heterocycles. The van der Waals surface area contributed by atoms with E-state index in [9.17, 15) is 5.21 Å². The standard InChI is InChI=1S/C10H8BrNO/c1-7-3-2-4-8-5-6-12(13)10(11)9(7)8/h2-6H,1H3. The van der Waals surface area contributed by atoms with Crippen molar-refractivity contribution in [1.29, 1.82) is 0 Å². The third-order valence-electron chi connectivity index (χ3n) is 2.09. The van der Waals surface area contributed by atoms with Gasteiger partial charge < -0.3 is 5.21 Å². The first kappa shape index (κ1) is 8.51. The van der Waals surface area contributed by atoms with E-state index in [1.54, 1.807) is 0 Å². The van der Waals surface area contributed by atoms with E-state index < -0.39 is 0 Å². The maximum Gasteiger partial charge on any atom is 0.267 e. The number of aromatic nitrogens is 1. The Morgan fingerprint density at radius 1 is 1.31 bits per heavy atom. The minimum absolute atomic E-state index is 0.586. The monoisotopic (exact) mass is 237 g/mol. The van der Waals surface area contributed by atoms with E-state index in [0.29, 0.717) is 4.60 Å². The molecule has 0 aliphatic heterocycles. The average molecular weight is 238 g/mol. The second kappa shape index (κ2) is 3.00. The predicted molar refractivity (Wildman–Crippen MR) is 55.3 cm³/mol. The highest BCUT2D eigenvalue weighted by atomic mass is 79.9. The van der Waals surface area contributed by atoms with E-state index in [2.05, 4.69) is 15.9 Å². The van der Waals surface area contributed by atoms with Gasteiger partial charge in [0.1, 0.15) is 0 Å². The summed E-state index contributed by atoms with van der Waals surface area (Å²) in [5.74, 6) is 0. The van der Waals surface area contributed by atoms with Gasteiger partial charge in [-0.05, 0) is 17.9 Å². The van der Waals surface area contributed by atoms with Crippen molar-refractivity contribution in [2.24, 2.45) is 0 Å². The van der Waals surface area contributed by atoms with Crippen molar-refractivity contribution in [3.8, 4) is 0 Å². The van der Waals surface area contributed by atoms with Crippen molar-refractivity contribution in [2.75, 3.05) is 0 Å². The lowest BCUT2D eigenvalue weighted by Gasteiger charge is -2.04.